The number of methoxy groups -OCH3 is 1. The van der Waals surface area contributed by atoms with Crippen molar-refractivity contribution in [1.82, 2.24) is 0 Å². The molecule has 0 radical (unpaired) electrons. The molecule has 4 N–H and O–H groups in total. The molecule has 118 valence electrons. The number of amidine groups is 1. The van der Waals surface area contributed by atoms with Crippen LogP contribution in [0.2, 0.25) is 0 Å². The van der Waals surface area contributed by atoms with Crippen molar-refractivity contribution in [2.75, 3.05) is 32.2 Å². The molecule has 0 aliphatic heterocycles. The third-order valence-electron chi connectivity index (χ3n) is 2.87. The highest BCUT2D eigenvalue weighted by Gasteiger charge is 2.31. The fourth-order valence-corrected chi connectivity index (χ4v) is 1.92. The van der Waals surface area contributed by atoms with E-state index in [1.165, 1.54) is 18.1 Å². The number of likely N-dealkylation sites (N-methyl/N-ethyl adjacent to an activating group) is 1. The first-order valence-corrected chi connectivity index (χ1v) is 6.10. The Morgan fingerprint density at radius 3 is 2.57 bits per heavy atom. The summed E-state index contributed by atoms with van der Waals surface area (Å²) in [5, 5.41) is 17.1. The normalized spacial score (nSPS) is 13.0. The van der Waals surface area contributed by atoms with Gasteiger partial charge in [0.05, 0.1) is 18.3 Å². The van der Waals surface area contributed by atoms with E-state index in [2.05, 4.69) is 0 Å². The second-order valence-electron chi connectivity index (χ2n) is 4.63. The molecule has 1 aromatic rings. The molecule has 1 rings (SSSR count). The molecule has 0 saturated heterocycles. The first-order chi connectivity index (χ1) is 9.66. The van der Waals surface area contributed by atoms with Crippen LogP contribution in [0.3, 0.4) is 0 Å². The van der Waals surface area contributed by atoms with E-state index in [0.717, 1.165) is 12.1 Å². The van der Waals surface area contributed by atoms with Gasteiger partial charge in [-0.25, -0.2) is 0 Å². The molecule has 0 aromatic heterocycles. The summed E-state index contributed by atoms with van der Waals surface area (Å²) in [7, 11) is 3.02. The van der Waals surface area contributed by atoms with Gasteiger partial charge in [0, 0.05) is 32.0 Å². The van der Waals surface area contributed by atoms with Gasteiger partial charge >= 0.3 is 6.18 Å². The van der Waals surface area contributed by atoms with Gasteiger partial charge in [-0.05, 0) is 18.2 Å². The Labute approximate surface area is 120 Å². The van der Waals surface area contributed by atoms with E-state index in [4.69, 9.17) is 15.9 Å². The van der Waals surface area contributed by atoms with Crippen LogP contribution in [-0.4, -0.2) is 44.4 Å². The fourth-order valence-electron chi connectivity index (χ4n) is 1.92. The Hall–Kier alpha value is -1.80. The summed E-state index contributed by atoms with van der Waals surface area (Å²) in [5.74, 6) is -0.468. The van der Waals surface area contributed by atoms with Gasteiger partial charge < -0.3 is 20.5 Å². The standard InChI is InChI=1S/C13H18F3N3O2/c1-19(6-9(20)7-21-2)11-4-3-8(13(14,15)16)5-10(11)12(17)18/h3-5,9,20H,6-7H2,1-2H3,(H3,17,18). The van der Waals surface area contributed by atoms with Crippen molar-refractivity contribution in [1.29, 1.82) is 5.41 Å². The van der Waals surface area contributed by atoms with Crippen LogP contribution >= 0.6 is 0 Å². The van der Waals surface area contributed by atoms with Gasteiger partial charge in [0.2, 0.25) is 0 Å². The van der Waals surface area contributed by atoms with Crippen molar-refractivity contribution in [3.05, 3.63) is 29.3 Å². The average Bonchev–Trinajstić information content (AvgIpc) is 2.36. The number of hydrogen-bond acceptors (Lipinski definition) is 4. The highest BCUT2D eigenvalue weighted by atomic mass is 19.4. The van der Waals surface area contributed by atoms with Gasteiger partial charge in [0.25, 0.3) is 0 Å². The number of alkyl halides is 3. The monoisotopic (exact) mass is 305 g/mol. The zero-order valence-corrected chi connectivity index (χ0v) is 11.7. The van der Waals surface area contributed by atoms with Crippen molar-refractivity contribution in [2.24, 2.45) is 5.73 Å². The van der Waals surface area contributed by atoms with E-state index in [1.807, 2.05) is 0 Å². The van der Waals surface area contributed by atoms with Gasteiger partial charge in [-0.2, -0.15) is 13.2 Å². The predicted octanol–water partition coefficient (Wildman–Crippen LogP) is 1.43. The predicted molar refractivity (Wildman–Crippen MR) is 73.6 cm³/mol. The van der Waals surface area contributed by atoms with E-state index < -0.39 is 23.7 Å². The van der Waals surface area contributed by atoms with E-state index in [0.29, 0.717) is 5.69 Å². The van der Waals surface area contributed by atoms with E-state index in [1.54, 1.807) is 7.05 Å². The molecule has 0 amide bonds. The van der Waals surface area contributed by atoms with E-state index in [-0.39, 0.29) is 18.7 Å². The highest BCUT2D eigenvalue weighted by Crippen LogP contribution is 2.32. The van der Waals surface area contributed by atoms with Gasteiger partial charge in [-0.15, -0.1) is 0 Å². The Morgan fingerprint density at radius 2 is 2.10 bits per heavy atom. The van der Waals surface area contributed by atoms with Gasteiger partial charge in [-0.3, -0.25) is 5.41 Å². The van der Waals surface area contributed by atoms with Crippen molar-refractivity contribution >= 4 is 11.5 Å². The number of nitrogen functional groups attached to an aromatic ring is 1. The van der Waals surface area contributed by atoms with Gasteiger partial charge in [-0.1, -0.05) is 0 Å². The van der Waals surface area contributed by atoms with Crippen LogP contribution in [-0.2, 0) is 10.9 Å². The Bertz CT molecular complexity index is 506. The summed E-state index contributed by atoms with van der Waals surface area (Å²) in [6.07, 6.45) is -5.31. The van der Waals surface area contributed by atoms with Crippen LogP contribution in [0.5, 0.6) is 0 Å². The Kier molecular flexibility index (Phi) is 5.56. The lowest BCUT2D eigenvalue weighted by atomic mass is 10.1. The smallest absolute Gasteiger partial charge is 0.389 e. The number of nitrogens with two attached hydrogens (primary N) is 1. The maximum Gasteiger partial charge on any atom is 0.416 e. The van der Waals surface area contributed by atoms with Crippen LogP contribution < -0.4 is 10.6 Å². The minimum absolute atomic E-state index is 0.0306. The van der Waals surface area contributed by atoms with Crippen molar-refractivity contribution in [2.45, 2.75) is 12.3 Å². The Balaban J connectivity index is 3.09. The number of aliphatic hydroxyl groups excluding tert-OH is 1. The lowest BCUT2D eigenvalue weighted by Gasteiger charge is -2.25. The molecule has 1 aromatic carbocycles. The van der Waals surface area contributed by atoms with Crippen LogP contribution in [0.25, 0.3) is 0 Å². The average molecular weight is 305 g/mol. The molecule has 0 saturated carbocycles. The number of hydrogen-bond donors (Lipinski definition) is 3. The maximum atomic E-state index is 12.7. The van der Waals surface area contributed by atoms with Crippen LogP contribution in [0.15, 0.2) is 18.2 Å². The summed E-state index contributed by atoms with van der Waals surface area (Å²) in [6, 6.07) is 2.98. The summed E-state index contributed by atoms with van der Waals surface area (Å²) >= 11 is 0. The molecular formula is C13H18F3N3O2. The largest absolute Gasteiger partial charge is 0.416 e. The third kappa shape index (κ3) is 4.61. The molecule has 21 heavy (non-hydrogen) atoms. The van der Waals surface area contributed by atoms with Crippen LogP contribution in [0.1, 0.15) is 11.1 Å². The molecule has 0 spiro atoms. The number of halogens is 3. The molecule has 8 heteroatoms. The van der Waals surface area contributed by atoms with Gasteiger partial charge in [0.1, 0.15) is 5.84 Å². The first-order valence-electron chi connectivity index (χ1n) is 6.10. The number of anilines is 1. The number of ether oxygens (including phenoxy) is 1. The molecule has 0 bridgehead atoms. The second kappa shape index (κ2) is 6.77. The molecule has 0 aliphatic carbocycles. The van der Waals surface area contributed by atoms with E-state index in [9.17, 15) is 18.3 Å². The van der Waals surface area contributed by atoms with Crippen molar-refractivity contribution < 1.29 is 23.0 Å². The van der Waals surface area contributed by atoms with E-state index >= 15 is 0 Å². The summed E-state index contributed by atoms with van der Waals surface area (Å²) in [4.78, 5) is 1.53. The number of aliphatic hydroxyl groups is 1. The molecule has 5 nitrogen and oxygen atoms in total. The van der Waals surface area contributed by atoms with Crippen molar-refractivity contribution in [3.63, 3.8) is 0 Å². The lowest BCUT2D eigenvalue weighted by molar-refractivity contribution is -0.137. The first kappa shape index (κ1) is 17.3. The van der Waals surface area contributed by atoms with Crippen LogP contribution in [0.4, 0.5) is 18.9 Å². The molecule has 1 unspecified atom stereocenters. The van der Waals surface area contributed by atoms with Crippen molar-refractivity contribution in [3.8, 4) is 0 Å². The number of nitrogens with one attached hydrogen (secondary N) is 1. The fraction of sp³-hybridized carbons (Fsp3) is 0.462. The minimum Gasteiger partial charge on any atom is -0.389 e. The highest BCUT2D eigenvalue weighted by molar-refractivity contribution is 6.00. The van der Waals surface area contributed by atoms with Crippen LogP contribution in [0, 0.1) is 5.41 Å². The van der Waals surface area contributed by atoms with Gasteiger partial charge in [0.15, 0.2) is 0 Å². The third-order valence-corrected chi connectivity index (χ3v) is 2.87. The summed E-state index contributed by atoms with van der Waals surface area (Å²) < 4.78 is 42.9. The SMILES string of the molecule is COCC(O)CN(C)c1ccc(C(F)(F)F)cc1C(=N)N. The molecule has 0 fully saturated rings. The number of nitrogens with zero attached hydrogens (tertiary/aromatic N) is 1. The summed E-state index contributed by atoms with van der Waals surface area (Å²) in [6.45, 7) is 0.236. The zero-order chi connectivity index (χ0) is 16.2. The Morgan fingerprint density at radius 1 is 1.48 bits per heavy atom. The number of benzene rings is 1. The molecule has 0 aliphatic rings. The molecular weight excluding hydrogens is 287 g/mol. The zero-order valence-electron chi connectivity index (χ0n) is 11.7. The number of rotatable bonds is 6. The minimum atomic E-state index is -4.50. The quantitative estimate of drug-likeness (QED) is 0.548. The lowest BCUT2D eigenvalue weighted by Crippen LogP contribution is -2.33. The summed E-state index contributed by atoms with van der Waals surface area (Å²) in [5.41, 5.74) is 4.79. The molecule has 0 heterocycles. The maximum absolute atomic E-state index is 12.7. The topological polar surface area (TPSA) is 82.6 Å². The second-order valence-corrected chi connectivity index (χ2v) is 4.63. The molecule has 1 atom stereocenters.